The second-order valence-corrected chi connectivity index (χ2v) is 5.72. The molecule has 23 heavy (non-hydrogen) atoms. The Balaban J connectivity index is 1.89. The molecule has 0 spiro atoms. The molecular weight excluding hydrogens is 290 g/mol. The smallest absolute Gasteiger partial charge is 0.221 e. The van der Waals surface area contributed by atoms with E-state index in [2.05, 4.69) is 38.7 Å². The van der Waals surface area contributed by atoms with Crippen molar-refractivity contribution in [2.75, 3.05) is 52.4 Å². The van der Waals surface area contributed by atoms with Crippen molar-refractivity contribution < 1.29 is 4.79 Å². The summed E-state index contributed by atoms with van der Waals surface area (Å²) in [5, 5.41) is 16.6. The Labute approximate surface area is 138 Å². The van der Waals surface area contributed by atoms with Crippen LogP contribution in [0.5, 0.6) is 0 Å². The Hall–Kier alpha value is -1.47. The third-order valence-corrected chi connectivity index (χ3v) is 3.87. The lowest BCUT2D eigenvalue weighted by atomic mass is 10.0. The molecule has 0 aliphatic carbocycles. The minimum Gasteiger partial charge on any atom is -0.355 e. The van der Waals surface area contributed by atoms with Gasteiger partial charge in [0.1, 0.15) is 0 Å². The predicted molar refractivity (Wildman–Crippen MR) is 93.4 cm³/mol. The van der Waals surface area contributed by atoms with Gasteiger partial charge in [-0.25, -0.2) is 0 Å². The van der Waals surface area contributed by atoms with Gasteiger partial charge in [0.25, 0.3) is 0 Å². The first-order valence-electron chi connectivity index (χ1n) is 8.53. The van der Waals surface area contributed by atoms with Gasteiger partial charge in [-0.05, 0) is 5.56 Å². The molecule has 1 amide bonds. The second kappa shape index (κ2) is 11.1. The monoisotopic (exact) mass is 319 g/mol. The van der Waals surface area contributed by atoms with Crippen LogP contribution in [0.15, 0.2) is 30.3 Å². The van der Waals surface area contributed by atoms with E-state index in [9.17, 15) is 4.79 Å². The van der Waals surface area contributed by atoms with E-state index in [1.54, 1.807) is 0 Å². The maximum absolute atomic E-state index is 12.2. The Morgan fingerprint density at radius 2 is 1.30 bits per heavy atom. The van der Waals surface area contributed by atoms with Crippen LogP contribution in [0.1, 0.15) is 18.0 Å². The normalized spacial score (nSPS) is 23.1. The van der Waals surface area contributed by atoms with Gasteiger partial charge in [0.2, 0.25) is 5.91 Å². The molecule has 0 aromatic heterocycles. The molecule has 1 saturated heterocycles. The highest BCUT2D eigenvalue weighted by molar-refractivity contribution is 5.76. The van der Waals surface area contributed by atoms with Crippen molar-refractivity contribution in [2.24, 2.45) is 0 Å². The van der Waals surface area contributed by atoms with Crippen molar-refractivity contribution >= 4 is 5.91 Å². The lowest BCUT2D eigenvalue weighted by Gasteiger charge is -2.20. The number of benzene rings is 1. The maximum Gasteiger partial charge on any atom is 0.221 e. The Bertz CT molecular complexity index is 440. The van der Waals surface area contributed by atoms with Crippen LogP contribution < -0.4 is 26.6 Å². The van der Waals surface area contributed by atoms with Gasteiger partial charge >= 0.3 is 0 Å². The molecule has 0 radical (unpaired) electrons. The van der Waals surface area contributed by atoms with Crippen LogP contribution in [0.4, 0.5) is 0 Å². The summed E-state index contributed by atoms with van der Waals surface area (Å²) in [6.45, 7) is 7.00. The van der Waals surface area contributed by atoms with Crippen molar-refractivity contribution in [3.8, 4) is 0 Å². The molecule has 6 nitrogen and oxygen atoms in total. The number of hydrogen-bond donors (Lipinski definition) is 5. The lowest BCUT2D eigenvalue weighted by Crippen LogP contribution is -2.40. The van der Waals surface area contributed by atoms with Crippen LogP contribution >= 0.6 is 0 Å². The van der Waals surface area contributed by atoms with E-state index in [1.165, 1.54) is 0 Å². The highest BCUT2D eigenvalue weighted by Crippen LogP contribution is 2.15. The topological polar surface area (TPSA) is 77.2 Å². The lowest BCUT2D eigenvalue weighted by molar-refractivity contribution is -0.121. The van der Waals surface area contributed by atoms with Gasteiger partial charge in [-0.15, -0.1) is 0 Å². The van der Waals surface area contributed by atoms with Crippen molar-refractivity contribution in [1.29, 1.82) is 0 Å². The fourth-order valence-corrected chi connectivity index (χ4v) is 2.60. The molecule has 128 valence electrons. The molecule has 5 N–H and O–H groups in total. The second-order valence-electron chi connectivity index (χ2n) is 5.72. The van der Waals surface area contributed by atoms with Crippen molar-refractivity contribution in [1.82, 2.24) is 26.6 Å². The summed E-state index contributed by atoms with van der Waals surface area (Å²) >= 11 is 0. The molecular formula is C17H29N5O. The van der Waals surface area contributed by atoms with Crippen LogP contribution in [0, 0.1) is 0 Å². The van der Waals surface area contributed by atoms with Gasteiger partial charge < -0.3 is 26.6 Å². The Morgan fingerprint density at radius 1 is 0.739 bits per heavy atom. The third-order valence-electron chi connectivity index (χ3n) is 3.87. The fraction of sp³-hybridized carbons (Fsp3) is 0.588. The molecule has 2 rings (SSSR count). The van der Waals surface area contributed by atoms with E-state index in [1.807, 2.05) is 18.2 Å². The first-order chi connectivity index (χ1) is 11.4. The van der Waals surface area contributed by atoms with Gasteiger partial charge in [-0.2, -0.15) is 0 Å². The minimum atomic E-state index is 0.0528. The maximum atomic E-state index is 12.2. The summed E-state index contributed by atoms with van der Waals surface area (Å²) in [5.74, 6) is 0.0892. The average molecular weight is 319 g/mol. The van der Waals surface area contributed by atoms with Crippen LogP contribution in [-0.2, 0) is 4.79 Å². The number of hydrogen-bond acceptors (Lipinski definition) is 5. The molecule has 1 aliphatic heterocycles. The van der Waals surface area contributed by atoms with E-state index in [-0.39, 0.29) is 11.9 Å². The molecule has 0 bridgehead atoms. The van der Waals surface area contributed by atoms with Gasteiger partial charge in [-0.1, -0.05) is 30.3 Å². The molecule has 1 fully saturated rings. The molecule has 1 aromatic rings. The van der Waals surface area contributed by atoms with E-state index in [0.29, 0.717) is 13.0 Å². The van der Waals surface area contributed by atoms with Crippen LogP contribution in [0.3, 0.4) is 0 Å². The number of amides is 1. The summed E-state index contributed by atoms with van der Waals surface area (Å²) in [4.78, 5) is 12.2. The zero-order valence-corrected chi connectivity index (χ0v) is 13.7. The zero-order valence-electron chi connectivity index (χ0n) is 13.7. The van der Waals surface area contributed by atoms with Gasteiger partial charge in [0.05, 0.1) is 0 Å². The summed E-state index contributed by atoms with van der Waals surface area (Å²) in [5.41, 5.74) is 1.16. The van der Waals surface area contributed by atoms with E-state index < -0.39 is 0 Å². The number of carbonyl (C=O) groups excluding carboxylic acids is 1. The predicted octanol–water partition coefficient (Wildman–Crippen LogP) is -0.394. The first-order valence-corrected chi connectivity index (χ1v) is 8.53. The van der Waals surface area contributed by atoms with Gasteiger partial charge in [0.15, 0.2) is 0 Å². The first kappa shape index (κ1) is 17.9. The summed E-state index contributed by atoms with van der Waals surface area (Å²) in [6.07, 6.45) is 0.464. The average Bonchev–Trinajstić information content (AvgIpc) is 2.57. The molecule has 1 aliphatic rings. The van der Waals surface area contributed by atoms with Crippen LogP contribution in [0.2, 0.25) is 0 Å². The molecule has 1 unspecified atom stereocenters. The number of rotatable bonds is 1. The molecule has 1 heterocycles. The fourth-order valence-electron chi connectivity index (χ4n) is 2.60. The van der Waals surface area contributed by atoms with E-state index >= 15 is 0 Å². The molecule has 0 saturated carbocycles. The quantitative estimate of drug-likeness (QED) is 0.487. The molecule has 1 atom stereocenters. The van der Waals surface area contributed by atoms with Crippen LogP contribution in [-0.4, -0.2) is 58.3 Å². The summed E-state index contributed by atoms with van der Waals surface area (Å²) in [7, 11) is 0. The summed E-state index contributed by atoms with van der Waals surface area (Å²) in [6, 6.07) is 10.2. The van der Waals surface area contributed by atoms with Gasteiger partial charge in [0, 0.05) is 64.8 Å². The molecule has 1 aromatic carbocycles. The van der Waals surface area contributed by atoms with E-state index in [0.717, 1.165) is 51.4 Å². The van der Waals surface area contributed by atoms with Crippen LogP contribution in [0.25, 0.3) is 0 Å². The summed E-state index contributed by atoms with van der Waals surface area (Å²) < 4.78 is 0. The SMILES string of the molecule is O=C1CC(c2ccccc2)NCCNCCNCCNCCN1. The highest BCUT2D eigenvalue weighted by atomic mass is 16.1. The third kappa shape index (κ3) is 7.56. The Kier molecular flexibility index (Phi) is 8.65. The number of nitrogens with one attached hydrogen (secondary N) is 5. The van der Waals surface area contributed by atoms with E-state index in [4.69, 9.17) is 0 Å². The van der Waals surface area contributed by atoms with Crippen molar-refractivity contribution in [2.45, 2.75) is 12.5 Å². The zero-order chi connectivity index (χ0) is 16.2. The van der Waals surface area contributed by atoms with Gasteiger partial charge in [-0.3, -0.25) is 4.79 Å². The largest absolute Gasteiger partial charge is 0.355 e. The van der Waals surface area contributed by atoms with Crippen molar-refractivity contribution in [3.63, 3.8) is 0 Å². The Morgan fingerprint density at radius 3 is 1.96 bits per heavy atom. The standard InChI is InChI=1S/C17H29N5O/c23-17-14-16(15-4-2-1-3-5-15)21-12-10-19-8-6-18-7-9-20-11-13-22-17/h1-5,16,18-21H,6-14H2,(H,22,23). The van der Waals surface area contributed by atoms with Crippen molar-refractivity contribution in [3.05, 3.63) is 35.9 Å². The highest BCUT2D eigenvalue weighted by Gasteiger charge is 2.15. The molecule has 6 heteroatoms. The number of carbonyl (C=O) groups is 1. The minimum absolute atomic E-state index is 0.0528.